The Labute approximate surface area is 148 Å². The molecule has 0 fully saturated rings. The molecule has 1 aromatic rings. The molecule has 9 heteroatoms. The molecular weight excluding hydrogens is 348 g/mol. The molecule has 1 rings (SSSR count). The average Bonchev–Trinajstić information content (AvgIpc) is 2.54. The molecular formula is C15H24N4O3S2. The van der Waals surface area contributed by atoms with Gasteiger partial charge in [0.2, 0.25) is 10.0 Å². The second kappa shape index (κ2) is 8.95. The van der Waals surface area contributed by atoms with E-state index in [4.69, 9.17) is 12.2 Å². The van der Waals surface area contributed by atoms with Crippen LogP contribution < -0.4 is 16.2 Å². The summed E-state index contributed by atoms with van der Waals surface area (Å²) in [5, 5.41) is 3.12. The summed E-state index contributed by atoms with van der Waals surface area (Å²) in [7, 11) is -3.63. The van der Waals surface area contributed by atoms with Crippen LogP contribution in [0.4, 0.5) is 0 Å². The number of hydrazine groups is 1. The topological polar surface area (TPSA) is 90.5 Å². The number of nitrogens with zero attached hydrogens (tertiary/aromatic N) is 1. The zero-order chi connectivity index (χ0) is 18.3. The van der Waals surface area contributed by atoms with Crippen LogP contribution in [0.25, 0.3) is 0 Å². The van der Waals surface area contributed by atoms with E-state index in [-0.39, 0.29) is 15.6 Å². The second-order valence-corrected chi connectivity index (χ2v) is 7.32. The highest BCUT2D eigenvalue weighted by atomic mass is 32.2. The molecule has 0 aliphatic heterocycles. The highest BCUT2D eigenvalue weighted by Crippen LogP contribution is 2.21. The van der Waals surface area contributed by atoms with E-state index in [1.807, 2.05) is 6.92 Å². The standard InChI is InChI=1S/C15H24N4O3S2/c1-5-16-15(23)18-17-14(20)12-9-8-11(4)13(10-12)24(21,22)19(6-2)7-3/h8-10H,5-7H2,1-4H3,(H,17,20)(H2,16,18,23). The van der Waals surface area contributed by atoms with Crippen molar-refractivity contribution >= 4 is 33.3 Å². The molecule has 0 heterocycles. The Hall–Kier alpha value is -1.71. The molecule has 0 unspecified atom stereocenters. The number of aryl methyl sites for hydroxylation is 1. The fraction of sp³-hybridized carbons (Fsp3) is 0.467. The van der Waals surface area contributed by atoms with Gasteiger partial charge in [-0.05, 0) is 43.8 Å². The Kier molecular flexibility index (Phi) is 7.59. The first-order chi connectivity index (χ1) is 11.3. The van der Waals surface area contributed by atoms with Crippen LogP contribution in [0.2, 0.25) is 0 Å². The molecule has 134 valence electrons. The van der Waals surface area contributed by atoms with Gasteiger partial charge in [0.05, 0.1) is 4.90 Å². The molecule has 0 aromatic heterocycles. The Balaban J connectivity index is 3.05. The largest absolute Gasteiger partial charge is 0.362 e. The SMILES string of the molecule is CCNC(=S)NNC(=O)c1ccc(C)c(S(=O)(=O)N(CC)CC)c1. The van der Waals surface area contributed by atoms with E-state index in [9.17, 15) is 13.2 Å². The van der Waals surface area contributed by atoms with Crippen molar-refractivity contribution in [2.75, 3.05) is 19.6 Å². The van der Waals surface area contributed by atoms with Gasteiger partial charge in [0.25, 0.3) is 5.91 Å². The van der Waals surface area contributed by atoms with Crippen LogP contribution in [-0.4, -0.2) is 43.4 Å². The number of hydrogen-bond acceptors (Lipinski definition) is 4. The highest BCUT2D eigenvalue weighted by molar-refractivity contribution is 7.89. The minimum absolute atomic E-state index is 0.133. The van der Waals surface area contributed by atoms with Crippen molar-refractivity contribution in [1.82, 2.24) is 20.5 Å². The van der Waals surface area contributed by atoms with E-state index in [0.29, 0.717) is 25.2 Å². The van der Waals surface area contributed by atoms with Crippen molar-refractivity contribution in [3.63, 3.8) is 0 Å². The van der Waals surface area contributed by atoms with Crippen LogP contribution in [-0.2, 0) is 10.0 Å². The smallest absolute Gasteiger partial charge is 0.269 e. The van der Waals surface area contributed by atoms with Gasteiger partial charge in [-0.15, -0.1) is 0 Å². The van der Waals surface area contributed by atoms with Crippen LogP contribution in [0.5, 0.6) is 0 Å². The van der Waals surface area contributed by atoms with Gasteiger partial charge in [-0.1, -0.05) is 19.9 Å². The Morgan fingerprint density at radius 3 is 2.33 bits per heavy atom. The summed E-state index contributed by atoms with van der Waals surface area (Å²) in [5.74, 6) is -0.466. The molecule has 24 heavy (non-hydrogen) atoms. The number of rotatable bonds is 6. The lowest BCUT2D eigenvalue weighted by molar-refractivity contribution is 0.0943. The van der Waals surface area contributed by atoms with Crippen LogP contribution >= 0.6 is 12.2 Å². The van der Waals surface area contributed by atoms with Crippen molar-refractivity contribution in [3.8, 4) is 0 Å². The summed E-state index contributed by atoms with van der Waals surface area (Å²) in [4.78, 5) is 12.3. The van der Waals surface area contributed by atoms with Gasteiger partial charge in [0, 0.05) is 25.2 Å². The Morgan fingerprint density at radius 2 is 1.79 bits per heavy atom. The molecule has 0 saturated heterocycles. The van der Waals surface area contributed by atoms with Crippen molar-refractivity contribution in [3.05, 3.63) is 29.3 Å². The molecule has 0 bridgehead atoms. The summed E-state index contributed by atoms with van der Waals surface area (Å²) in [6.07, 6.45) is 0. The Morgan fingerprint density at radius 1 is 1.17 bits per heavy atom. The molecule has 1 amide bonds. The third kappa shape index (κ3) is 4.89. The molecule has 0 spiro atoms. The zero-order valence-electron chi connectivity index (χ0n) is 14.3. The summed E-state index contributed by atoms with van der Waals surface area (Å²) >= 11 is 4.95. The predicted octanol–water partition coefficient (Wildman–Crippen LogP) is 1.15. The van der Waals surface area contributed by atoms with Crippen LogP contribution in [0.15, 0.2) is 23.1 Å². The maximum atomic E-state index is 12.7. The lowest BCUT2D eigenvalue weighted by Crippen LogP contribution is -2.46. The highest BCUT2D eigenvalue weighted by Gasteiger charge is 2.24. The van der Waals surface area contributed by atoms with Crippen LogP contribution in [0, 0.1) is 6.92 Å². The molecule has 3 N–H and O–H groups in total. The first-order valence-electron chi connectivity index (χ1n) is 7.72. The van der Waals surface area contributed by atoms with E-state index < -0.39 is 15.9 Å². The van der Waals surface area contributed by atoms with Gasteiger partial charge in [0.15, 0.2) is 5.11 Å². The van der Waals surface area contributed by atoms with E-state index in [1.165, 1.54) is 10.4 Å². The van der Waals surface area contributed by atoms with Gasteiger partial charge in [0.1, 0.15) is 0 Å². The summed E-state index contributed by atoms with van der Waals surface area (Å²) < 4.78 is 26.7. The average molecular weight is 373 g/mol. The fourth-order valence-electron chi connectivity index (χ4n) is 2.11. The summed E-state index contributed by atoms with van der Waals surface area (Å²) in [6, 6.07) is 4.58. The number of carbonyl (C=O) groups is 1. The fourth-order valence-corrected chi connectivity index (χ4v) is 4.02. The van der Waals surface area contributed by atoms with Crippen molar-refractivity contribution < 1.29 is 13.2 Å². The summed E-state index contributed by atoms with van der Waals surface area (Å²) in [5.41, 5.74) is 5.83. The minimum atomic E-state index is -3.63. The van der Waals surface area contributed by atoms with Gasteiger partial charge < -0.3 is 5.32 Å². The lowest BCUT2D eigenvalue weighted by Gasteiger charge is -2.20. The van der Waals surface area contributed by atoms with Crippen molar-refractivity contribution in [1.29, 1.82) is 0 Å². The number of thiocarbonyl (C=S) groups is 1. The van der Waals surface area contributed by atoms with Gasteiger partial charge in [-0.25, -0.2) is 8.42 Å². The maximum absolute atomic E-state index is 12.7. The first-order valence-corrected chi connectivity index (χ1v) is 9.57. The monoisotopic (exact) mass is 372 g/mol. The molecule has 0 atom stereocenters. The molecule has 0 saturated carbocycles. The summed E-state index contributed by atoms with van der Waals surface area (Å²) in [6.45, 7) is 8.49. The zero-order valence-corrected chi connectivity index (χ0v) is 16.0. The molecule has 0 radical (unpaired) electrons. The molecule has 0 aliphatic rings. The number of nitrogens with one attached hydrogen (secondary N) is 3. The van der Waals surface area contributed by atoms with Crippen LogP contribution in [0.1, 0.15) is 36.7 Å². The second-order valence-electron chi connectivity index (χ2n) is 5.01. The van der Waals surface area contributed by atoms with Gasteiger partial charge in [-0.2, -0.15) is 4.31 Å². The van der Waals surface area contributed by atoms with Gasteiger partial charge in [-0.3, -0.25) is 15.6 Å². The quantitative estimate of drug-likeness (QED) is 0.513. The number of hydrogen-bond donors (Lipinski definition) is 3. The lowest BCUT2D eigenvalue weighted by atomic mass is 10.1. The third-order valence-corrected chi connectivity index (χ3v) is 5.84. The van der Waals surface area contributed by atoms with E-state index in [2.05, 4.69) is 16.2 Å². The van der Waals surface area contributed by atoms with Crippen LogP contribution in [0.3, 0.4) is 0 Å². The maximum Gasteiger partial charge on any atom is 0.269 e. The molecule has 0 aliphatic carbocycles. The first kappa shape index (κ1) is 20.3. The Bertz CT molecular complexity index is 701. The van der Waals surface area contributed by atoms with E-state index in [0.717, 1.165) is 0 Å². The van der Waals surface area contributed by atoms with Crippen molar-refractivity contribution in [2.45, 2.75) is 32.6 Å². The normalized spacial score (nSPS) is 11.2. The number of sulfonamides is 1. The van der Waals surface area contributed by atoms with E-state index in [1.54, 1.807) is 32.9 Å². The van der Waals surface area contributed by atoms with Gasteiger partial charge >= 0.3 is 0 Å². The third-order valence-electron chi connectivity index (χ3n) is 3.40. The predicted molar refractivity (Wildman–Crippen MR) is 98.2 cm³/mol. The minimum Gasteiger partial charge on any atom is -0.362 e. The number of carbonyl (C=O) groups excluding carboxylic acids is 1. The molecule has 1 aromatic carbocycles. The number of benzene rings is 1. The van der Waals surface area contributed by atoms with Crippen molar-refractivity contribution in [2.24, 2.45) is 0 Å². The molecule has 7 nitrogen and oxygen atoms in total. The number of amides is 1. The van der Waals surface area contributed by atoms with E-state index >= 15 is 0 Å².